The van der Waals surface area contributed by atoms with Gasteiger partial charge in [-0.3, -0.25) is 4.79 Å². The first-order valence-electron chi connectivity index (χ1n) is 5.43. The Kier molecular flexibility index (Phi) is 3.16. The molecule has 4 heteroatoms. The van der Waals surface area contributed by atoms with Gasteiger partial charge in [0.25, 0.3) is 5.56 Å². The van der Waals surface area contributed by atoms with Crippen LogP contribution in [0.1, 0.15) is 11.1 Å². The fourth-order valence-electron chi connectivity index (χ4n) is 1.77. The highest BCUT2D eigenvalue weighted by Gasteiger charge is 2.08. The second kappa shape index (κ2) is 4.76. The van der Waals surface area contributed by atoms with Crippen LogP contribution in [0.5, 0.6) is 5.75 Å². The van der Waals surface area contributed by atoms with E-state index in [9.17, 15) is 4.79 Å². The molecule has 0 spiro atoms. The molecule has 0 unspecified atom stereocenters. The third-order valence-corrected chi connectivity index (χ3v) is 2.69. The third kappa shape index (κ3) is 2.11. The summed E-state index contributed by atoms with van der Waals surface area (Å²) in [6.45, 7) is 1.97. The van der Waals surface area contributed by atoms with E-state index in [-0.39, 0.29) is 11.1 Å². The third-order valence-electron chi connectivity index (χ3n) is 2.69. The number of pyridine rings is 1. The van der Waals surface area contributed by atoms with Crippen molar-refractivity contribution in [2.75, 3.05) is 7.11 Å². The highest BCUT2D eigenvalue weighted by atomic mass is 16.5. The molecule has 0 aliphatic rings. The average molecular weight is 240 g/mol. The van der Waals surface area contributed by atoms with Gasteiger partial charge in [0.15, 0.2) is 0 Å². The van der Waals surface area contributed by atoms with Crippen molar-refractivity contribution in [2.24, 2.45) is 0 Å². The zero-order chi connectivity index (χ0) is 13.1. The van der Waals surface area contributed by atoms with E-state index in [1.165, 1.54) is 0 Å². The van der Waals surface area contributed by atoms with E-state index >= 15 is 0 Å². The van der Waals surface area contributed by atoms with Crippen molar-refractivity contribution in [1.82, 2.24) is 4.98 Å². The zero-order valence-electron chi connectivity index (χ0n) is 10.2. The number of nitrogens with zero attached hydrogens (tertiary/aromatic N) is 1. The molecular formula is C14H12N2O2. The SMILES string of the molecule is COc1ccc(C)cc1-c1c[nH]c(=O)c(C#N)c1. The van der Waals surface area contributed by atoms with Crippen LogP contribution in [0.2, 0.25) is 0 Å². The summed E-state index contributed by atoms with van der Waals surface area (Å²) in [5.41, 5.74) is 2.40. The molecule has 0 atom stereocenters. The molecule has 0 amide bonds. The molecule has 1 aromatic carbocycles. The quantitative estimate of drug-likeness (QED) is 0.875. The molecule has 0 saturated heterocycles. The van der Waals surface area contributed by atoms with E-state index in [1.54, 1.807) is 19.4 Å². The van der Waals surface area contributed by atoms with Crippen LogP contribution in [-0.4, -0.2) is 12.1 Å². The molecule has 0 fully saturated rings. The Morgan fingerprint density at radius 3 is 2.78 bits per heavy atom. The predicted molar refractivity (Wildman–Crippen MR) is 68.5 cm³/mol. The molecule has 1 aromatic heterocycles. The topological polar surface area (TPSA) is 65.9 Å². The Balaban J connectivity index is 2.65. The molecule has 4 nitrogen and oxygen atoms in total. The number of benzene rings is 1. The summed E-state index contributed by atoms with van der Waals surface area (Å²) in [6.07, 6.45) is 1.58. The van der Waals surface area contributed by atoms with Crippen LogP contribution >= 0.6 is 0 Å². The number of aryl methyl sites for hydroxylation is 1. The number of rotatable bonds is 2. The van der Waals surface area contributed by atoms with Gasteiger partial charge in [-0.25, -0.2) is 0 Å². The van der Waals surface area contributed by atoms with Crippen LogP contribution in [0.25, 0.3) is 11.1 Å². The number of aromatic nitrogens is 1. The number of methoxy groups -OCH3 is 1. The van der Waals surface area contributed by atoms with Crippen molar-refractivity contribution in [3.05, 3.63) is 51.9 Å². The smallest absolute Gasteiger partial charge is 0.265 e. The summed E-state index contributed by atoms with van der Waals surface area (Å²) < 4.78 is 5.28. The Morgan fingerprint density at radius 2 is 2.11 bits per heavy atom. The minimum atomic E-state index is -0.382. The van der Waals surface area contributed by atoms with Gasteiger partial charge in [-0.1, -0.05) is 11.6 Å². The van der Waals surface area contributed by atoms with Crippen molar-refractivity contribution in [3.8, 4) is 22.9 Å². The summed E-state index contributed by atoms with van der Waals surface area (Å²) in [4.78, 5) is 13.9. The van der Waals surface area contributed by atoms with Crippen molar-refractivity contribution in [2.45, 2.75) is 6.92 Å². The summed E-state index contributed by atoms with van der Waals surface area (Å²) in [5.74, 6) is 0.705. The zero-order valence-corrected chi connectivity index (χ0v) is 10.2. The van der Waals surface area contributed by atoms with Crippen molar-refractivity contribution in [3.63, 3.8) is 0 Å². The number of hydrogen-bond acceptors (Lipinski definition) is 3. The number of aromatic amines is 1. The molecule has 0 aliphatic carbocycles. The first-order chi connectivity index (χ1) is 8.65. The molecule has 0 aliphatic heterocycles. The van der Waals surface area contributed by atoms with E-state index in [0.717, 1.165) is 16.7 Å². The van der Waals surface area contributed by atoms with E-state index in [0.29, 0.717) is 5.75 Å². The van der Waals surface area contributed by atoms with Gasteiger partial charge < -0.3 is 9.72 Å². The summed E-state index contributed by atoms with van der Waals surface area (Å²) in [5, 5.41) is 8.87. The number of nitriles is 1. The Labute approximate surface area is 104 Å². The van der Waals surface area contributed by atoms with Gasteiger partial charge in [-0.15, -0.1) is 0 Å². The first kappa shape index (κ1) is 11.9. The fraction of sp³-hybridized carbons (Fsp3) is 0.143. The molecule has 1 heterocycles. The van der Waals surface area contributed by atoms with Gasteiger partial charge in [-0.05, 0) is 25.1 Å². The van der Waals surface area contributed by atoms with Gasteiger partial charge in [0.05, 0.1) is 7.11 Å². The minimum Gasteiger partial charge on any atom is -0.496 e. The number of ether oxygens (including phenoxy) is 1. The molecular weight excluding hydrogens is 228 g/mol. The van der Waals surface area contributed by atoms with Crippen LogP contribution in [-0.2, 0) is 0 Å². The summed E-state index contributed by atoms with van der Waals surface area (Å²) in [6, 6.07) is 9.20. The molecule has 2 aromatic rings. The Hall–Kier alpha value is -2.54. The van der Waals surface area contributed by atoms with Gasteiger partial charge in [0, 0.05) is 17.3 Å². The maximum Gasteiger partial charge on any atom is 0.265 e. The maximum atomic E-state index is 11.3. The standard InChI is InChI=1S/C14H12N2O2/c1-9-3-4-13(18-2)12(5-9)11-6-10(7-15)14(17)16-8-11/h3-6,8H,1-2H3,(H,16,17). The molecule has 18 heavy (non-hydrogen) atoms. The molecule has 0 saturated carbocycles. The largest absolute Gasteiger partial charge is 0.496 e. The monoisotopic (exact) mass is 240 g/mol. The van der Waals surface area contributed by atoms with Crippen LogP contribution in [0, 0.1) is 18.3 Å². The van der Waals surface area contributed by atoms with Crippen LogP contribution in [0.15, 0.2) is 35.3 Å². The fourth-order valence-corrected chi connectivity index (χ4v) is 1.77. The lowest BCUT2D eigenvalue weighted by atomic mass is 10.0. The number of H-pyrrole nitrogens is 1. The lowest BCUT2D eigenvalue weighted by Gasteiger charge is -2.09. The Morgan fingerprint density at radius 1 is 1.33 bits per heavy atom. The molecule has 1 N–H and O–H groups in total. The van der Waals surface area contributed by atoms with E-state index in [1.807, 2.05) is 31.2 Å². The second-order valence-corrected chi connectivity index (χ2v) is 3.95. The van der Waals surface area contributed by atoms with Crippen LogP contribution in [0.4, 0.5) is 0 Å². The lowest BCUT2D eigenvalue weighted by Crippen LogP contribution is -2.09. The van der Waals surface area contributed by atoms with E-state index in [4.69, 9.17) is 10.00 Å². The molecule has 90 valence electrons. The van der Waals surface area contributed by atoms with Crippen molar-refractivity contribution < 1.29 is 4.74 Å². The normalized spacial score (nSPS) is 9.83. The first-order valence-corrected chi connectivity index (χ1v) is 5.43. The van der Waals surface area contributed by atoms with Gasteiger partial charge in [0.1, 0.15) is 17.4 Å². The van der Waals surface area contributed by atoms with E-state index in [2.05, 4.69) is 4.98 Å². The van der Waals surface area contributed by atoms with Crippen molar-refractivity contribution >= 4 is 0 Å². The maximum absolute atomic E-state index is 11.3. The number of hydrogen-bond donors (Lipinski definition) is 1. The molecule has 0 bridgehead atoms. The highest BCUT2D eigenvalue weighted by Crippen LogP contribution is 2.30. The van der Waals surface area contributed by atoms with Crippen LogP contribution < -0.4 is 10.3 Å². The van der Waals surface area contributed by atoms with Gasteiger partial charge in [-0.2, -0.15) is 5.26 Å². The average Bonchev–Trinajstić information content (AvgIpc) is 2.39. The summed E-state index contributed by atoms with van der Waals surface area (Å²) >= 11 is 0. The van der Waals surface area contributed by atoms with Gasteiger partial charge >= 0.3 is 0 Å². The molecule has 2 rings (SSSR count). The van der Waals surface area contributed by atoms with Gasteiger partial charge in [0.2, 0.25) is 0 Å². The second-order valence-electron chi connectivity index (χ2n) is 3.95. The number of nitrogens with one attached hydrogen (secondary N) is 1. The highest BCUT2D eigenvalue weighted by molar-refractivity contribution is 5.71. The summed E-state index contributed by atoms with van der Waals surface area (Å²) in [7, 11) is 1.59. The van der Waals surface area contributed by atoms with Crippen LogP contribution in [0.3, 0.4) is 0 Å². The predicted octanol–water partition coefficient (Wildman–Crippen LogP) is 2.23. The molecule has 0 radical (unpaired) electrons. The lowest BCUT2D eigenvalue weighted by molar-refractivity contribution is 0.416. The minimum absolute atomic E-state index is 0.0936. The Bertz CT molecular complexity index is 681. The van der Waals surface area contributed by atoms with Crippen molar-refractivity contribution in [1.29, 1.82) is 5.26 Å². The van der Waals surface area contributed by atoms with E-state index < -0.39 is 0 Å².